The second kappa shape index (κ2) is 8.23. The van der Waals surface area contributed by atoms with Crippen LogP contribution in [-0.2, 0) is 16.0 Å². The predicted octanol–water partition coefficient (Wildman–Crippen LogP) is 3.12. The molecular formula is C22H24N2O6. The Morgan fingerprint density at radius 2 is 1.93 bits per heavy atom. The average molecular weight is 412 g/mol. The number of esters is 1. The number of nitrogens with zero attached hydrogens (tertiary/aromatic N) is 2. The Bertz CT molecular complexity index is 984. The number of rotatable bonds is 3. The maximum absolute atomic E-state index is 12.5. The molecule has 4 rings (SSSR count). The minimum atomic E-state index is -1.01. The molecule has 1 amide bonds. The van der Waals surface area contributed by atoms with Crippen molar-refractivity contribution in [1.82, 2.24) is 4.90 Å². The van der Waals surface area contributed by atoms with E-state index in [2.05, 4.69) is 4.90 Å². The third kappa shape index (κ3) is 3.66. The maximum Gasteiger partial charge on any atom is 0.410 e. The summed E-state index contributed by atoms with van der Waals surface area (Å²) in [5.74, 6) is 0.303. The molecule has 0 unspecified atom stereocenters. The second-order valence-electron chi connectivity index (χ2n) is 7.33. The smallest absolute Gasteiger partial charge is 0.410 e. The van der Waals surface area contributed by atoms with Gasteiger partial charge in [-0.05, 0) is 24.1 Å². The topological polar surface area (TPSA) is 88.5 Å². The molecule has 0 atom stereocenters. The van der Waals surface area contributed by atoms with Crippen molar-refractivity contribution in [3.05, 3.63) is 47.0 Å². The van der Waals surface area contributed by atoms with E-state index in [9.17, 15) is 14.7 Å². The van der Waals surface area contributed by atoms with Gasteiger partial charge in [0.05, 0.1) is 38.1 Å². The molecule has 0 saturated carbocycles. The lowest BCUT2D eigenvalue weighted by molar-refractivity contribution is 0.0599. The SMILES string of the molecule is COC(=O)c1c(C)cc(-c2cccc3c2OCN(C(=O)O)C3)cc1N1CCOCC1. The van der Waals surface area contributed by atoms with Crippen molar-refractivity contribution in [3.8, 4) is 16.9 Å². The average Bonchev–Trinajstić information content (AvgIpc) is 2.77. The van der Waals surface area contributed by atoms with E-state index in [4.69, 9.17) is 14.2 Å². The highest BCUT2D eigenvalue weighted by molar-refractivity contribution is 5.99. The maximum atomic E-state index is 12.5. The number of anilines is 1. The number of carbonyl (C=O) groups is 2. The molecule has 0 bridgehead atoms. The van der Waals surface area contributed by atoms with Crippen molar-refractivity contribution in [2.75, 3.05) is 45.0 Å². The summed E-state index contributed by atoms with van der Waals surface area (Å²) in [6, 6.07) is 9.63. The third-order valence-electron chi connectivity index (χ3n) is 5.46. The van der Waals surface area contributed by atoms with E-state index in [0.29, 0.717) is 37.6 Å². The van der Waals surface area contributed by atoms with E-state index >= 15 is 0 Å². The summed E-state index contributed by atoms with van der Waals surface area (Å²) in [7, 11) is 1.38. The Balaban J connectivity index is 1.81. The van der Waals surface area contributed by atoms with Crippen LogP contribution in [0.4, 0.5) is 10.5 Å². The van der Waals surface area contributed by atoms with Crippen molar-refractivity contribution in [1.29, 1.82) is 0 Å². The first kappa shape index (κ1) is 20.0. The molecule has 0 aromatic heterocycles. The second-order valence-corrected chi connectivity index (χ2v) is 7.33. The molecule has 158 valence electrons. The molecule has 0 radical (unpaired) electrons. The summed E-state index contributed by atoms with van der Waals surface area (Å²) in [6.45, 7) is 4.70. The van der Waals surface area contributed by atoms with Crippen LogP contribution in [0, 0.1) is 6.92 Å². The van der Waals surface area contributed by atoms with Crippen LogP contribution < -0.4 is 9.64 Å². The van der Waals surface area contributed by atoms with Crippen molar-refractivity contribution in [2.45, 2.75) is 13.5 Å². The molecule has 1 N–H and O–H groups in total. The fraction of sp³-hybridized carbons (Fsp3) is 0.364. The molecule has 2 aliphatic heterocycles. The zero-order valence-corrected chi connectivity index (χ0v) is 17.0. The van der Waals surface area contributed by atoms with Crippen LogP contribution >= 0.6 is 0 Å². The summed E-state index contributed by atoms with van der Waals surface area (Å²) in [4.78, 5) is 27.2. The lowest BCUT2D eigenvalue weighted by Crippen LogP contribution is -2.37. The highest BCUT2D eigenvalue weighted by atomic mass is 16.5. The Labute approximate surface area is 174 Å². The Kier molecular flexibility index (Phi) is 5.50. The number of para-hydroxylation sites is 1. The van der Waals surface area contributed by atoms with Gasteiger partial charge in [-0.15, -0.1) is 0 Å². The number of hydrogen-bond donors (Lipinski definition) is 1. The number of carboxylic acid groups (broad SMARTS) is 1. The van der Waals surface area contributed by atoms with Gasteiger partial charge < -0.3 is 24.2 Å². The molecule has 8 nitrogen and oxygen atoms in total. The fourth-order valence-corrected chi connectivity index (χ4v) is 3.97. The summed E-state index contributed by atoms with van der Waals surface area (Å²) in [5.41, 5.74) is 4.74. The van der Waals surface area contributed by atoms with Gasteiger partial charge >= 0.3 is 12.1 Å². The number of ether oxygens (including phenoxy) is 3. The third-order valence-corrected chi connectivity index (χ3v) is 5.46. The number of benzene rings is 2. The number of fused-ring (bicyclic) bond motifs is 1. The van der Waals surface area contributed by atoms with E-state index in [1.54, 1.807) is 0 Å². The van der Waals surface area contributed by atoms with Gasteiger partial charge in [0.1, 0.15) is 5.75 Å². The first-order valence-electron chi connectivity index (χ1n) is 9.78. The van der Waals surface area contributed by atoms with Gasteiger partial charge in [0.25, 0.3) is 0 Å². The zero-order valence-electron chi connectivity index (χ0n) is 17.0. The quantitative estimate of drug-likeness (QED) is 0.775. The highest BCUT2D eigenvalue weighted by Gasteiger charge is 2.26. The normalized spacial score (nSPS) is 15.9. The predicted molar refractivity (Wildman–Crippen MR) is 110 cm³/mol. The van der Waals surface area contributed by atoms with Gasteiger partial charge in [-0.1, -0.05) is 24.3 Å². The summed E-state index contributed by atoms with van der Waals surface area (Å²) in [5, 5.41) is 9.26. The van der Waals surface area contributed by atoms with Crippen LogP contribution in [0.3, 0.4) is 0 Å². The van der Waals surface area contributed by atoms with Gasteiger partial charge in [-0.2, -0.15) is 0 Å². The highest BCUT2D eigenvalue weighted by Crippen LogP contribution is 2.39. The van der Waals surface area contributed by atoms with E-state index in [1.807, 2.05) is 37.3 Å². The molecule has 2 aromatic carbocycles. The molecule has 2 heterocycles. The van der Waals surface area contributed by atoms with E-state index < -0.39 is 6.09 Å². The number of aryl methyl sites for hydroxylation is 1. The standard InChI is InChI=1S/C22H24N2O6/c1-14-10-16(11-18(19(14)21(25)28-2)23-6-8-29-9-7-23)17-5-3-4-15-12-24(22(26)27)13-30-20(15)17/h3-5,10-11H,6-9,12-13H2,1-2H3,(H,26,27). The fourth-order valence-electron chi connectivity index (χ4n) is 3.97. The molecule has 2 aromatic rings. The number of methoxy groups -OCH3 is 1. The minimum absolute atomic E-state index is 0.0190. The van der Waals surface area contributed by atoms with Crippen LogP contribution in [0.25, 0.3) is 11.1 Å². The van der Waals surface area contributed by atoms with Crippen molar-refractivity contribution < 1.29 is 28.9 Å². The summed E-state index contributed by atoms with van der Waals surface area (Å²) >= 11 is 0. The van der Waals surface area contributed by atoms with Gasteiger partial charge in [-0.3, -0.25) is 4.90 Å². The van der Waals surface area contributed by atoms with E-state index in [0.717, 1.165) is 27.9 Å². The van der Waals surface area contributed by atoms with Crippen LogP contribution in [0.2, 0.25) is 0 Å². The Morgan fingerprint density at radius 3 is 2.63 bits per heavy atom. The number of morpholine rings is 1. The molecule has 0 spiro atoms. The summed E-state index contributed by atoms with van der Waals surface area (Å²) in [6.07, 6.45) is -1.01. The summed E-state index contributed by atoms with van der Waals surface area (Å²) < 4.78 is 16.3. The van der Waals surface area contributed by atoms with Gasteiger partial charge in [-0.25, -0.2) is 9.59 Å². The lowest BCUT2D eigenvalue weighted by Gasteiger charge is -2.32. The zero-order chi connectivity index (χ0) is 21.3. The first-order chi connectivity index (χ1) is 14.5. The molecule has 0 aliphatic carbocycles. The molecule has 1 fully saturated rings. The molecule has 8 heteroatoms. The van der Waals surface area contributed by atoms with E-state index in [1.165, 1.54) is 12.0 Å². The van der Waals surface area contributed by atoms with Crippen LogP contribution in [-0.4, -0.2) is 62.2 Å². The largest absolute Gasteiger partial charge is 0.472 e. The first-order valence-corrected chi connectivity index (χ1v) is 9.78. The Hall–Kier alpha value is -3.26. The van der Waals surface area contributed by atoms with Gasteiger partial charge in [0.2, 0.25) is 0 Å². The van der Waals surface area contributed by atoms with Crippen molar-refractivity contribution in [2.24, 2.45) is 0 Å². The van der Waals surface area contributed by atoms with Crippen LogP contribution in [0.5, 0.6) is 5.75 Å². The van der Waals surface area contributed by atoms with E-state index in [-0.39, 0.29) is 19.2 Å². The number of carbonyl (C=O) groups excluding carboxylic acids is 1. The van der Waals surface area contributed by atoms with Crippen LogP contribution in [0.1, 0.15) is 21.5 Å². The molecular weight excluding hydrogens is 388 g/mol. The Morgan fingerprint density at radius 1 is 1.17 bits per heavy atom. The lowest BCUT2D eigenvalue weighted by atomic mass is 9.95. The molecule has 2 aliphatic rings. The van der Waals surface area contributed by atoms with Crippen molar-refractivity contribution >= 4 is 17.7 Å². The number of hydrogen-bond acceptors (Lipinski definition) is 6. The minimum Gasteiger partial charge on any atom is -0.472 e. The van der Waals surface area contributed by atoms with Gasteiger partial charge in [0.15, 0.2) is 6.73 Å². The van der Waals surface area contributed by atoms with Crippen LogP contribution in [0.15, 0.2) is 30.3 Å². The number of amides is 1. The molecule has 1 saturated heterocycles. The van der Waals surface area contributed by atoms with Crippen molar-refractivity contribution in [3.63, 3.8) is 0 Å². The van der Waals surface area contributed by atoms with Gasteiger partial charge in [0, 0.05) is 24.2 Å². The molecule has 30 heavy (non-hydrogen) atoms. The monoisotopic (exact) mass is 412 g/mol.